The second-order valence-electron chi connectivity index (χ2n) is 4.97. The van der Waals surface area contributed by atoms with E-state index in [4.69, 9.17) is 0 Å². The second-order valence-corrected chi connectivity index (χ2v) is 5.82. The Balaban J connectivity index is 1.94. The zero-order valence-corrected chi connectivity index (χ0v) is 12.8. The molecule has 1 saturated carbocycles. The molecule has 0 unspecified atom stereocenters. The van der Waals surface area contributed by atoms with Gasteiger partial charge in [-0.2, -0.15) is 5.10 Å². The summed E-state index contributed by atoms with van der Waals surface area (Å²) in [4.78, 5) is 0. The lowest BCUT2D eigenvalue weighted by Gasteiger charge is -2.07. The van der Waals surface area contributed by atoms with E-state index in [-0.39, 0.29) is 0 Å². The highest BCUT2D eigenvalue weighted by Crippen LogP contribution is 2.24. The van der Waals surface area contributed by atoms with Crippen molar-refractivity contribution in [3.05, 3.63) is 22.4 Å². The maximum Gasteiger partial charge on any atom is 0.0778 e. The van der Waals surface area contributed by atoms with Gasteiger partial charge in [-0.15, -0.1) is 0 Å². The summed E-state index contributed by atoms with van der Waals surface area (Å²) in [5, 5.41) is 7.94. The maximum absolute atomic E-state index is 4.41. The third kappa shape index (κ3) is 3.69. The van der Waals surface area contributed by atoms with Crippen LogP contribution in [0.1, 0.15) is 45.2 Å². The first kappa shape index (κ1) is 13.8. The fourth-order valence-electron chi connectivity index (χ4n) is 2.10. The zero-order chi connectivity index (χ0) is 13.0. The summed E-state index contributed by atoms with van der Waals surface area (Å²) in [5.74, 6) is 0. The zero-order valence-electron chi connectivity index (χ0n) is 11.2. The number of aryl methyl sites for hydroxylation is 1. The van der Waals surface area contributed by atoms with Crippen LogP contribution >= 0.6 is 15.9 Å². The molecule has 1 heterocycles. The van der Waals surface area contributed by atoms with Crippen molar-refractivity contribution in [2.24, 2.45) is 0 Å². The van der Waals surface area contributed by atoms with Crippen molar-refractivity contribution >= 4 is 21.5 Å². The van der Waals surface area contributed by atoms with Crippen LogP contribution in [0.4, 0.5) is 0 Å². The van der Waals surface area contributed by atoms with E-state index in [1.165, 1.54) is 24.1 Å². The maximum atomic E-state index is 4.41. The van der Waals surface area contributed by atoms with E-state index in [1.54, 1.807) is 0 Å². The van der Waals surface area contributed by atoms with Crippen molar-refractivity contribution in [3.63, 3.8) is 0 Å². The molecule has 18 heavy (non-hydrogen) atoms. The summed E-state index contributed by atoms with van der Waals surface area (Å²) in [6.07, 6.45) is 9.12. The molecule has 0 spiro atoms. The molecule has 2 rings (SSSR count). The van der Waals surface area contributed by atoms with Crippen LogP contribution in [0.3, 0.4) is 0 Å². The molecule has 3 nitrogen and oxygen atoms in total. The quantitative estimate of drug-likeness (QED) is 0.780. The van der Waals surface area contributed by atoms with Gasteiger partial charge in [-0.05, 0) is 60.7 Å². The normalized spacial score (nSPS) is 16.3. The van der Waals surface area contributed by atoms with Crippen molar-refractivity contribution in [1.82, 2.24) is 15.1 Å². The second kappa shape index (κ2) is 6.53. The molecule has 0 aromatic carbocycles. The number of allylic oxidation sites excluding steroid dienone is 1. The Kier molecular flexibility index (Phi) is 5.01. The minimum atomic E-state index is 0.802. The molecule has 1 aliphatic carbocycles. The number of hydrogen-bond donors (Lipinski definition) is 1. The summed E-state index contributed by atoms with van der Waals surface area (Å²) in [6, 6.07) is 0.802. The molecule has 1 aromatic heterocycles. The molecule has 100 valence electrons. The van der Waals surface area contributed by atoms with Gasteiger partial charge in [0.1, 0.15) is 0 Å². The minimum absolute atomic E-state index is 0.802. The van der Waals surface area contributed by atoms with Crippen molar-refractivity contribution in [1.29, 1.82) is 0 Å². The van der Waals surface area contributed by atoms with Crippen molar-refractivity contribution in [2.75, 3.05) is 6.54 Å². The summed E-state index contributed by atoms with van der Waals surface area (Å²) >= 11 is 3.59. The topological polar surface area (TPSA) is 29.9 Å². The molecule has 0 atom stereocenters. The third-order valence-corrected chi connectivity index (χ3v) is 3.79. The molecule has 1 fully saturated rings. The minimum Gasteiger partial charge on any atom is -0.314 e. The molecule has 0 amide bonds. The molecule has 0 bridgehead atoms. The highest BCUT2D eigenvalue weighted by molar-refractivity contribution is 9.10. The Morgan fingerprint density at radius 3 is 3.06 bits per heavy atom. The first-order valence-electron chi connectivity index (χ1n) is 6.84. The Bertz CT molecular complexity index is 419. The van der Waals surface area contributed by atoms with E-state index in [0.717, 1.165) is 36.4 Å². The van der Waals surface area contributed by atoms with Crippen LogP contribution in [0.2, 0.25) is 0 Å². The smallest absolute Gasteiger partial charge is 0.0778 e. The summed E-state index contributed by atoms with van der Waals surface area (Å²) in [7, 11) is 0. The molecule has 0 aliphatic heterocycles. The lowest BCUT2D eigenvalue weighted by molar-refractivity contribution is 0.595. The van der Waals surface area contributed by atoms with E-state index >= 15 is 0 Å². The molecule has 4 heteroatoms. The standard InChI is InChI=1S/C14H22BrN3/c1-3-9-18-14(13(15)10-17-18)11(2)5-4-8-16-12-6-7-12/h5,10,12,16H,3-4,6-9H2,1-2H3. The van der Waals surface area contributed by atoms with Crippen LogP contribution in [0.25, 0.3) is 5.57 Å². The lowest BCUT2D eigenvalue weighted by Crippen LogP contribution is -2.16. The van der Waals surface area contributed by atoms with E-state index in [0.29, 0.717) is 0 Å². The van der Waals surface area contributed by atoms with Crippen LogP contribution in [0.5, 0.6) is 0 Å². The predicted octanol–water partition coefficient (Wildman–Crippen LogP) is 3.60. The van der Waals surface area contributed by atoms with E-state index in [9.17, 15) is 0 Å². The van der Waals surface area contributed by atoms with Gasteiger partial charge in [0.05, 0.1) is 16.4 Å². The third-order valence-electron chi connectivity index (χ3n) is 3.21. The van der Waals surface area contributed by atoms with Crippen LogP contribution in [0.15, 0.2) is 16.7 Å². The highest BCUT2D eigenvalue weighted by Gasteiger charge is 2.19. The number of hydrogen-bond acceptors (Lipinski definition) is 2. The SMILES string of the molecule is CCCn1ncc(Br)c1C(C)=CCCNC1CC1. The van der Waals surface area contributed by atoms with Crippen LogP contribution < -0.4 is 5.32 Å². The fourth-order valence-corrected chi connectivity index (χ4v) is 2.71. The molecule has 1 aromatic rings. The number of halogens is 1. The highest BCUT2D eigenvalue weighted by atomic mass is 79.9. The van der Waals surface area contributed by atoms with Crippen LogP contribution in [0, 0.1) is 0 Å². The summed E-state index contributed by atoms with van der Waals surface area (Å²) in [6.45, 7) is 6.41. The van der Waals surface area contributed by atoms with Gasteiger partial charge in [-0.3, -0.25) is 4.68 Å². The number of aromatic nitrogens is 2. The van der Waals surface area contributed by atoms with Gasteiger partial charge in [0, 0.05) is 12.6 Å². The largest absolute Gasteiger partial charge is 0.314 e. The van der Waals surface area contributed by atoms with Gasteiger partial charge in [0.15, 0.2) is 0 Å². The van der Waals surface area contributed by atoms with Gasteiger partial charge in [-0.25, -0.2) is 0 Å². The molecular weight excluding hydrogens is 290 g/mol. The summed E-state index contributed by atoms with van der Waals surface area (Å²) < 4.78 is 3.18. The lowest BCUT2D eigenvalue weighted by atomic mass is 10.2. The van der Waals surface area contributed by atoms with Gasteiger partial charge in [-0.1, -0.05) is 13.0 Å². The molecule has 1 N–H and O–H groups in total. The van der Waals surface area contributed by atoms with E-state index in [1.807, 2.05) is 6.20 Å². The first-order chi connectivity index (χ1) is 8.72. The van der Waals surface area contributed by atoms with E-state index in [2.05, 4.69) is 51.0 Å². The molecule has 0 saturated heterocycles. The average molecular weight is 312 g/mol. The average Bonchev–Trinajstić information content (AvgIpc) is 3.10. The first-order valence-corrected chi connectivity index (χ1v) is 7.63. The Morgan fingerprint density at radius 2 is 2.39 bits per heavy atom. The van der Waals surface area contributed by atoms with Crippen LogP contribution in [-0.2, 0) is 6.54 Å². The summed E-state index contributed by atoms with van der Waals surface area (Å²) in [5.41, 5.74) is 2.54. The van der Waals surface area contributed by atoms with Crippen molar-refractivity contribution in [2.45, 2.75) is 52.1 Å². The molecule has 0 radical (unpaired) electrons. The predicted molar refractivity (Wildman–Crippen MR) is 79.5 cm³/mol. The monoisotopic (exact) mass is 311 g/mol. The van der Waals surface area contributed by atoms with Gasteiger partial charge in [0.25, 0.3) is 0 Å². The van der Waals surface area contributed by atoms with Crippen LogP contribution in [-0.4, -0.2) is 22.4 Å². The Labute approximate surface area is 118 Å². The molecular formula is C14H22BrN3. The van der Waals surface area contributed by atoms with E-state index < -0.39 is 0 Å². The van der Waals surface area contributed by atoms with Crippen molar-refractivity contribution < 1.29 is 0 Å². The number of nitrogens with zero attached hydrogens (tertiary/aromatic N) is 2. The van der Waals surface area contributed by atoms with Gasteiger partial charge in [0.2, 0.25) is 0 Å². The Morgan fingerprint density at radius 1 is 1.61 bits per heavy atom. The van der Waals surface area contributed by atoms with Crippen molar-refractivity contribution in [3.8, 4) is 0 Å². The number of rotatable bonds is 7. The number of nitrogens with one attached hydrogen (secondary N) is 1. The van der Waals surface area contributed by atoms with Gasteiger partial charge < -0.3 is 5.32 Å². The Hall–Kier alpha value is -0.610. The fraction of sp³-hybridized carbons (Fsp3) is 0.643. The molecule has 1 aliphatic rings. The van der Waals surface area contributed by atoms with Gasteiger partial charge >= 0.3 is 0 Å².